The van der Waals surface area contributed by atoms with Crippen molar-refractivity contribution >= 4 is 0 Å². The Balaban J connectivity index is 2.09. The molecular formula is C17H28N2O. The Morgan fingerprint density at radius 3 is 2.45 bits per heavy atom. The summed E-state index contributed by atoms with van der Waals surface area (Å²) in [6.07, 6.45) is 0. The second-order valence-electron chi connectivity index (χ2n) is 6.28. The number of hydrogen-bond donors (Lipinski definition) is 1. The van der Waals surface area contributed by atoms with Crippen molar-refractivity contribution in [2.45, 2.75) is 26.8 Å². The molecule has 1 fully saturated rings. The van der Waals surface area contributed by atoms with E-state index in [1.165, 1.54) is 5.56 Å². The molecule has 0 amide bonds. The lowest BCUT2D eigenvalue weighted by molar-refractivity contribution is 0.0148. The summed E-state index contributed by atoms with van der Waals surface area (Å²) in [6.45, 7) is 12.8. The molecule has 1 aromatic carbocycles. The molecule has 20 heavy (non-hydrogen) atoms. The summed E-state index contributed by atoms with van der Waals surface area (Å²) in [5.41, 5.74) is 1.57. The van der Waals surface area contributed by atoms with Gasteiger partial charge in [0.15, 0.2) is 0 Å². The second kappa shape index (κ2) is 7.21. The van der Waals surface area contributed by atoms with E-state index < -0.39 is 0 Å². The third-order valence-electron chi connectivity index (χ3n) is 4.06. The van der Waals surface area contributed by atoms with E-state index in [0.717, 1.165) is 39.4 Å². The van der Waals surface area contributed by atoms with Gasteiger partial charge in [0.1, 0.15) is 0 Å². The third kappa shape index (κ3) is 4.05. The Hall–Kier alpha value is -0.900. The zero-order chi connectivity index (χ0) is 14.4. The van der Waals surface area contributed by atoms with Crippen molar-refractivity contribution in [3.05, 3.63) is 35.9 Å². The average molecular weight is 276 g/mol. The van der Waals surface area contributed by atoms with E-state index in [0.29, 0.717) is 6.04 Å². The second-order valence-corrected chi connectivity index (χ2v) is 6.28. The van der Waals surface area contributed by atoms with Gasteiger partial charge in [-0.2, -0.15) is 0 Å². The Morgan fingerprint density at radius 1 is 1.20 bits per heavy atom. The fraction of sp³-hybridized carbons (Fsp3) is 0.647. The average Bonchev–Trinajstić information content (AvgIpc) is 2.46. The quantitative estimate of drug-likeness (QED) is 0.864. The molecular weight excluding hydrogens is 248 g/mol. The molecule has 112 valence electrons. The number of ether oxygens (including phenoxy) is 1. The summed E-state index contributed by atoms with van der Waals surface area (Å²) in [5.74, 6) is 0. The molecule has 1 saturated heterocycles. The van der Waals surface area contributed by atoms with E-state index in [-0.39, 0.29) is 5.41 Å². The van der Waals surface area contributed by atoms with Gasteiger partial charge in [-0.05, 0) is 17.5 Å². The van der Waals surface area contributed by atoms with Crippen LogP contribution in [0.3, 0.4) is 0 Å². The molecule has 1 aliphatic heterocycles. The zero-order valence-corrected chi connectivity index (χ0v) is 13.1. The number of rotatable bonds is 6. The highest BCUT2D eigenvalue weighted by Crippen LogP contribution is 2.34. The van der Waals surface area contributed by atoms with Crippen LogP contribution in [0.5, 0.6) is 0 Å². The van der Waals surface area contributed by atoms with Crippen molar-refractivity contribution in [2.24, 2.45) is 5.41 Å². The van der Waals surface area contributed by atoms with Crippen LogP contribution in [0.4, 0.5) is 0 Å². The molecule has 1 N–H and O–H groups in total. The van der Waals surface area contributed by atoms with E-state index in [2.05, 4.69) is 61.3 Å². The van der Waals surface area contributed by atoms with E-state index in [1.54, 1.807) is 0 Å². The van der Waals surface area contributed by atoms with Crippen LogP contribution in [0.25, 0.3) is 0 Å². The molecule has 0 saturated carbocycles. The van der Waals surface area contributed by atoms with Crippen LogP contribution in [-0.2, 0) is 4.74 Å². The van der Waals surface area contributed by atoms with Crippen LogP contribution < -0.4 is 5.32 Å². The van der Waals surface area contributed by atoms with Gasteiger partial charge in [0, 0.05) is 25.7 Å². The van der Waals surface area contributed by atoms with Gasteiger partial charge < -0.3 is 10.1 Å². The van der Waals surface area contributed by atoms with E-state index in [1.807, 2.05) is 0 Å². The number of benzene rings is 1. The summed E-state index contributed by atoms with van der Waals surface area (Å²) in [5, 5.41) is 3.67. The number of nitrogens with one attached hydrogen (secondary N) is 1. The Labute approximate surface area is 123 Å². The lowest BCUT2D eigenvalue weighted by Crippen LogP contribution is -2.46. The van der Waals surface area contributed by atoms with Crippen molar-refractivity contribution in [3.8, 4) is 0 Å². The summed E-state index contributed by atoms with van der Waals surface area (Å²) in [6, 6.07) is 11.2. The van der Waals surface area contributed by atoms with Crippen LogP contribution in [0.2, 0.25) is 0 Å². The first-order valence-corrected chi connectivity index (χ1v) is 7.72. The number of morpholine rings is 1. The molecule has 0 bridgehead atoms. The normalized spacial score (nSPS) is 18.9. The summed E-state index contributed by atoms with van der Waals surface area (Å²) < 4.78 is 5.45. The minimum atomic E-state index is 0.189. The predicted molar refractivity (Wildman–Crippen MR) is 83.9 cm³/mol. The van der Waals surface area contributed by atoms with Gasteiger partial charge in [-0.1, -0.05) is 51.1 Å². The lowest BCUT2D eigenvalue weighted by Gasteiger charge is -2.40. The van der Waals surface area contributed by atoms with Gasteiger partial charge >= 0.3 is 0 Å². The molecule has 0 spiro atoms. The first-order chi connectivity index (χ1) is 9.63. The van der Waals surface area contributed by atoms with Crippen molar-refractivity contribution in [3.63, 3.8) is 0 Å². The minimum Gasteiger partial charge on any atom is -0.379 e. The van der Waals surface area contributed by atoms with Gasteiger partial charge in [-0.3, -0.25) is 4.90 Å². The highest BCUT2D eigenvalue weighted by atomic mass is 16.5. The van der Waals surface area contributed by atoms with Crippen molar-refractivity contribution < 1.29 is 4.74 Å². The fourth-order valence-electron chi connectivity index (χ4n) is 3.12. The lowest BCUT2D eigenvalue weighted by atomic mass is 9.79. The molecule has 1 atom stereocenters. The van der Waals surface area contributed by atoms with Crippen LogP contribution >= 0.6 is 0 Å². The van der Waals surface area contributed by atoms with Crippen LogP contribution in [0.1, 0.15) is 32.4 Å². The fourth-order valence-corrected chi connectivity index (χ4v) is 3.12. The molecule has 1 aromatic rings. The van der Waals surface area contributed by atoms with Crippen LogP contribution in [0, 0.1) is 5.41 Å². The van der Waals surface area contributed by atoms with Gasteiger partial charge in [0.2, 0.25) is 0 Å². The van der Waals surface area contributed by atoms with Gasteiger partial charge in [0.05, 0.1) is 13.2 Å². The van der Waals surface area contributed by atoms with E-state index in [4.69, 9.17) is 4.74 Å². The molecule has 2 rings (SSSR count). The Bertz CT molecular complexity index is 385. The molecule has 0 aromatic heterocycles. The number of hydrogen-bond acceptors (Lipinski definition) is 3. The Morgan fingerprint density at radius 2 is 1.85 bits per heavy atom. The zero-order valence-electron chi connectivity index (χ0n) is 13.1. The standard InChI is InChI=1S/C17H28N2O/c1-4-18-16(15-8-6-5-7-9-15)17(2,3)14-19-10-12-20-13-11-19/h5-9,16,18H,4,10-14H2,1-3H3. The maximum absolute atomic E-state index is 5.45. The van der Waals surface area contributed by atoms with Crippen LogP contribution in [0.15, 0.2) is 30.3 Å². The maximum Gasteiger partial charge on any atom is 0.0594 e. The summed E-state index contributed by atoms with van der Waals surface area (Å²) >= 11 is 0. The van der Waals surface area contributed by atoms with Gasteiger partial charge in [-0.25, -0.2) is 0 Å². The third-order valence-corrected chi connectivity index (χ3v) is 4.06. The van der Waals surface area contributed by atoms with Gasteiger partial charge in [-0.15, -0.1) is 0 Å². The smallest absolute Gasteiger partial charge is 0.0594 e. The minimum absolute atomic E-state index is 0.189. The first-order valence-electron chi connectivity index (χ1n) is 7.72. The monoisotopic (exact) mass is 276 g/mol. The molecule has 1 heterocycles. The van der Waals surface area contributed by atoms with Gasteiger partial charge in [0.25, 0.3) is 0 Å². The summed E-state index contributed by atoms with van der Waals surface area (Å²) in [7, 11) is 0. The maximum atomic E-state index is 5.45. The van der Waals surface area contributed by atoms with E-state index >= 15 is 0 Å². The Kier molecular flexibility index (Phi) is 5.58. The molecule has 3 heteroatoms. The molecule has 1 aliphatic rings. The topological polar surface area (TPSA) is 24.5 Å². The predicted octanol–water partition coefficient (Wildman–Crippen LogP) is 2.70. The SMILES string of the molecule is CCNC(c1ccccc1)C(C)(C)CN1CCOCC1. The van der Waals surface area contributed by atoms with Crippen LogP contribution in [-0.4, -0.2) is 44.3 Å². The highest BCUT2D eigenvalue weighted by Gasteiger charge is 2.32. The molecule has 1 unspecified atom stereocenters. The molecule has 0 aliphatic carbocycles. The largest absolute Gasteiger partial charge is 0.379 e. The van der Waals surface area contributed by atoms with Crippen molar-refractivity contribution in [1.82, 2.24) is 10.2 Å². The molecule has 3 nitrogen and oxygen atoms in total. The molecule has 0 radical (unpaired) electrons. The van der Waals surface area contributed by atoms with Crippen molar-refractivity contribution in [1.29, 1.82) is 0 Å². The van der Waals surface area contributed by atoms with E-state index in [9.17, 15) is 0 Å². The number of nitrogens with zero attached hydrogens (tertiary/aromatic N) is 1. The highest BCUT2D eigenvalue weighted by molar-refractivity contribution is 5.21. The summed E-state index contributed by atoms with van der Waals surface area (Å²) in [4.78, 5) is 2.52. The van der Waals surface area contributed by atoms with Crippen molar-refractivity contribution in [2.75, 3.05) is 39.4 Å². The first kappa shape index (κ1) is 15.5.